The lowest BCUT2D eigenvalue weighted by atomic mass is 9.65. The van der Waals surface area contributed by atoms with Crippen molar-refractivity contribution in [2.75, 3.05) is 25.6 Å². The van der Waals surface area contributed by atoms with Gasteiger partial charge < -0.3 is 15.4 Å². The van der Waals surface area contributed by atoms with Crippen molar-refractivity contribution in [3.63, 3.8) is 0 Å². The van der Waals surface area contributed by atoms with Crippen LogP contribution in [0.1, 0.15) is 25.0 Å². The third kappa shape index (κ3) is 1.70. The van der Waals surface area contributed by atoms with Gasteiger partial charge in [0.2, 0.25) is 5.91 Å². The summed E-state index contributed by atoms with van der Waals surface area (Å²) in [6.45, 7) is 5.85. The number of hydrogen-bond donors (Lipinski definition) is 2. The van der Waals surface area contributed by atoms with Crippen LogP contribution in [0, 0.1) is 0 Å². The molecule has 4 nitrogen and oxygen atoms in total. The minimum atomic E-state index is -0.0461. The Kier molecular flexibility index (Phi) is 2.69. The number of carbonyl (C=O) groups excluding carboxylic acids is 1. The molecule has 2 N–H and O–H groups in total. The summed E-state index contributed by atoms with van der Waals surface area (Å²) in [5.41, 5.74) is 3.25. The standard InChI is InChI=1S/C15H20N2O2/c1-14(2,16-3)15(8-19-9-15)11-4-5-12-10(6-11)7-13(18)17-12/h4-6,16H,7-9H2,1-3H3,(H,17,18). The summed E-state index contributed by atoms with van der Waals surface area (Å²) in [6, 6.07) is 6.29. The summed E-state index contributed by atoms with van der Waals surface area (Å²) in [5, 5.41) is 6.28. The van der Waals surface area contributed by atoms with Crippen LogP contribution in [0.15, 0.2) is 18.2 Å². The molecule has 1 aromatic carbocycles. The number of ether oxygens (including phenoxy) is 1. The number of rotatable bonds is 3. The maximum Gasteiger partial charge on any atom is 0.228 e. The van der Waals surface area contributed by atoms with E-state index in [1.807, 2.05) is 13.1 Å². The van der Waals surface area contributed by atoms with Crippen molar-refractivity contribution in [1.82, 2.24) is 5.32 Å². The number of carbonyl (C=O) groups is 1. The second-order valence-electron chi connectivity index (χ2n) is 6.05. The minimum Gasteiger partial charge on any atom is -0.379 e. The highest BCUT2D eigenvalue weighted by Crippen LogP contribution is 2.43. The molecule has 4 heteroatoms. The fraction of sp³-hybridized carbons (Fsp3) is 0.533. The van der Waals surface area contributed by atoms with Gasteiger partial charge in [0.25, 0.3) is 0 Å². The quantitative estimate of drug-likeness (QED) is 0.865. The molecule has 0 aliphatic carbocycles. The van der Waals surface area contributed by atoms with Crippen molar-refractivity contribution in [3.8, 4) is 0 Å². The van der Waals surface area contributed by atoms with Gasteiger partial charge in [0.15, 0.2) is 0 Å². The van der Waals surface area contributed by atoms with Gasteiger partial charge in [-0.3, -0.25) is 4.79 Å². The van der Waals surface area contributed by atoms with Crippen LogP contribution < -0.4 is 10.6 Å². The van der Waals surface area contributed by atoms with E-state index in [1.165, 1.54) is 5.56 Å². The van der Waals surface area contributed by atoms with Crippen molar-refractivity contribution >= 4 is 11.6 Å². The van der Waals surface area contributed by atoms with Crippen LogP contribution in [-0.2, 0) is 21.4 Å². The van der Waals surface area contributed by atoms with Gasteiger partial charge in [0.05, 0.1) is 25.0 Å². The molecule has 0 aromatic heterocycles. The van der Waals surface area contributed by atoms with Crippen LogP contribution in [0.3, 0.4) is 0 Å². The van der Waals surface area contributed by atoms with Gasteiger partial charge in [-0.25, -0.2) is 0 Å². The van der Waals surface area contributed by atoms with Crippen LogP contribution >= 0.6 is 0 Å². The summed E-state index contributed by atoms with van der Waals surface area (Å²) in [4.78, 5) is 11.4. The molecule has 0 bridgehead atoms. The zero-order chi connectivity index (χ0) is 13.7. The molecule has 3 rings (SSSR count). The number of anilines is 1. The Morgan fingerprint density at radius 2 is 2.11 bits per heavy atom. The lowest BCUT2D eigenvalue weighted by molar-refractivity contribution is -0.115. The first-order chi connectivity index (χ1) is 8.98. The maximum absolute atomic E-state index is 11.4. The monoisotopic (exact) mass is 260 g/mol. The van der Waals surface area contributed by atoms with Crippen LogP contribution in [-0.4, -0.2) is 31.7 Å². The summed E-state index contributed by atoms with van der Waals surface area (Å²) in [7, 11) is 1.98. The van der Waals surface area contributed by atoms with E-state index in [1.54, 1.807) is 0 Å². The van der Waals surface area contributed by atoms with Crippen molar-refractivity contribution in [2.24, 2.45) is 0 Å². The van der Waals surface area contributed by atoms with E-state index in [0.717, 1.165) is 24.5 Å². The summed E-state index contributed by atoms with van der Waals surface area (Å²) >= 11 is 0. The fourth-order valence-electron chi connectivity index (χ4n) is 2.96. The molecule has 0 unspecified atom stereocenters. The van der Waals surface area contributed by atoms with E-state index in [0.29, 0.717) is 6.42 Å². The third-order valence-corrected chi connectivity index (χ3v) is 4.80. The normalized spacial score (nSPS) is 20.7. The van der Waals surface area contributed by atoms with E-state index in [2.05, 4.69) is 36.6 Å². The molecular formula is C15H20N2O2. The van der Waals surface area contributed by atoms with Crippen LogP contribution in [0.2, 0.25) is 0 Å². The van der Waals surface area contributed by atoms with Crippen LogP contribution in [0.25, 0.3) is 0 Å². The van der Waals surface area contributed by atoms with E-state index >= 15 is 0 Å². The molecule has 2 aliphatic heterocycles. The molecule has 0 spiro atoms. The largest absolute Gasteiger partial charge is 0.379 e. The molecular weight excluding hydrogens is 240 g/mol. The lowest BCUT2D eigenvalue weighted by Crippen LogP contribution is -2.65. The van der Waals surface area contributed by atoms with E-state index in [4.69, 9.17) is 4.74 Å². The molecule has 102 valence electrons. The number of benzene rings is 1. The molecule has 2 aliphatic rings. The Bertz CT molecular complexity index is 533. The second-order valence-corrected chi connectivity index (χ2v) is 6.05. The van der Waals surface area contributed by atoms with E-state index < -0.39 is 0 Å². The SMILES string of the molecule is CNC(C)(C)C1(c2ccc3c(c2)CC(=O)N3)COC1. The Morgan fingerprint density at radius 3 is 2.68 bits per heavy atom. The van der Waals surface area contributed by atoms with Gasteiger partial charge in [0, 0.05) is 11.2 Å². The van der Waals surface area contributed by atoms with Gasteiger partial charge in [-0.1, -0.05) is 12.1 Å². The van der Waals surface area contributed by atoms with Gasteiger partial charge in [-0.05, 0) is 38.1 Å². The minimum absolute atomic E-state index is 0.0115. The zero-order valence-electron chi connectivity index (χ0n) is 11.7. The highest BCUT2D eigenvalue weighted by Gasteiger charge is 2.51. The lowest BCUT2D eigenvalue weighted by Gasteiger charge is -2.52. The fourth-order valence-corrected chi connectivity index (χ4v) is 2.96. The van der Waals surface area contributed by atoms with Crippen LogP contribution in [0.5, 0.6) is 0 Å². The predicted molar refractivity (Wildman–Crippen MR) is 74.4 cm³/mol. The van der Waals surface area contributed by atoms with Crippen molar-refractivity contribution < 1.29 is 9.53 Å². The van der Waals surface area contributed by atoms with Crippen molar-refractivity contribution in [1.29, 1.82) is 0 Å². The smallest absolute Gasteiger partial charge is 0.228 e. The van der Waals surface area contributed by atoms with E-state index in [-0.39, 0.29) is 16.9 Å². The average molecular weight is 260 g/mol. The number of likely N-dealkylation sites (N-methyl/N-ethyl adjacent to an activating group) is 1. The highest BCUT2D eigenvalue weighted by atomic mass is 16.5. The molecule has 19 heavy (non-hydrogen) atoms. The molecule has 0 atom stereocenters. The number of hydrogen-bond acceptors (Lipinski definition) is 3. The molecule has 0 radical (unpaired) electrons. The molecule has 1 amide bonds. The second kappa shape index (κ2) is 4.05. The average Bonchev–Trinajstić information content (AvgIpc) is 2.66. The summed E-state index contributed by atoms with van der Waals surface area (Å²) < 4.78 is 5.50. The third-order valence-electron chi connectivity index (χ3n) is 4.80. The maximum atomic E-state index is 11.4. The first-order valence-electron chi connectivity index (χ1n) is 6.68. The Hall–Kier alpha value is -1.39. The van der Waals surface area contributed by atoms with Gasteiger partial charge >= 0.3 is 0 Å². The molecule has 1 saturated heterocycles. The molecule has 1 aromatic rings. The van der Waals surface area contributed by atoms with Gasteiger partial charge in [-0.2, -0.15) is 0 Å². The molecule has 0 saturated carbocycles. The Labute approximate surface area is 113 Å². The van der Waals surface area contributed by atoms with Gasteiger partial charge in [0.1, 0.15) is 0 Å². The van der Waals surface area contributed by atoms with Crippen molar-refractivity contribution in [3.05, 3.63) is 29.3 Å². The molecule has 2 heterocycles. The summed E-state index contributed by atoms with van der Waals surface area (Å²) in [5.74, 6) is 0.0823. The number of amides is 1. The summed E-state index contributed by atoms with van der Waals surface area (Å²) in [6.07, 6.45) is 0.486. The Balaban J connectivity index is 2.02. The molecule has 1 fully saturated rings. The van der Waals surface area contributed by atoms with E-state index in [9.17, 15) is 4.79 Å². The van der Waals surface area contributed by atoms with Gasteiger partial charge in [-0.15, -0.1) is 0 Å². The zero-order valence-corrected chi connectivity index (χ0v) is 11.7. The predicted octanol–water partition coefficient (Wildman–Crippen LogP) is 1.45. The topological polar surface area (TPSA) is 50.4 Å². The Morgan fingerprint density at radius 1 is 1.37 bits per heavy atom. The first kappa shape index (κ1) is 12.6. The van der Waals surface area contributed by atoms with Crippen LogP contribution in [0.4, 0.5) is 5.69 Å². The first-order valence-corrected chi connectivity index (χ1v) is 6.68. The highest BCUT2D eigenvalue weighted by molar-refractivity contribution is 5.99. The number of fused-ring (bicyclic) bond motifs is 1. The van der Waals surface area contributed by atoms with Crippen molar-refractivity contribution in [2.45, 2.75) is 31.2 Å². The number of nitrogens with one attached hydrogen (secondary N) is 2.